The minimum absolute atomic E-state index is 0.231. The summed E-state index contributed by atoms with van der Waals surface area (Å²) in [6.07, 6.45) is 76.0. The van der Waals surface area contributed by atoms with Gasteiger partial charge in [0.25, 0.3) is 0 Å². The smallest absolute Gasteiger partial charge is 0.220 e. The summed E-state index contributed by atoms with van der Waals surface area (Å²) in [4.78, 5) is 13.4. The van der Waals surface area contributed by atoms with Crippen molar-refractivity contribution < 1.29 is 64.6 Å². The Hall–Kier alpha value is -2.31. The third-order valence-corrected chi connectivity index (χ3v) is 20.2. The molecular weight excluding hydrogens is 1230 g/mol. The molecule has 0 aromatic heterocycles. The highest BCUT2D eigenvalue weighted by molar-refractivity contribution is 5.76. The summed E-state index contributed by atoms with van der Waals surface area (Å²) in [6, 6.07) is -0.916. The SMILES string of the molecule is CC/C=C\C/C=C\C/C=C\C/C=C\CCCCCCCCCCCCCCCCCCCCCCCCCCCCC(=O)NC(COC1OC(CO)C(OC2OC(CO)C(O)C(O)C2O)C(O)C1O)C(O)/C=C/CCCCCCCCCCCCCCCCCCCCCCCCC. The summed E-state index contributed by atoms with van der Waals surface area (Å²) in [6.45, 7) is 2.75. The van der Waals surface area contributed by atoms with E-state index in [1.54, 1.807) is 6.08 Å². The lowest BCUT2D eigenvalue weighted by Gasteiger charge is -2.46. The van der Waals surface area contributed by atoms with Crippen molar-refractivity contribution in [2.24, 2.45) is 0 Å². The first kappa shape index (κ1) is 91.8. The van der Waals surface area contributed by atoms with Gasteiger partial charge >= 0.3 is 0 Å². The van der Waals surface area contributed by atoms with Gasteiger partial charge in [-0.25, -0.2) is 0 Å². The number of allylic oxidation sites excluding steroid dienone is 9. The van der Waals surface area contributed by atoms with Crippen molar-refractivity contribution in [3.05, 3.63) is 60.8 Å². The molecule has 2 heterocycles. The number of aliphatic hydroxyl groups is 8. The highest BCUT2D eigenvalue weighted by Gasteiger charge is 2.51. The van der Waals surface area contributed by atoms with Crippen LogP contribution in [0.5, 0.6) is 0 Å². The van der Waals surface area contributed by atoms with E-state index in [0.717, 1.165) is 64.2 Å². The van der Waals surface area contributed by atoms with Gasteiger partial charge in [-0.3, -0.25) is 4.79 Å². The van der Waals surface area contributed by atoms with Crippen molar-refractivity contribution >= 4 is 5.91 Å². The molecule has 0 bridgehead atoms. The fraction of sp³-hybridized carbons (Fsp3) is 0.869. The Morgan fingerprint density at radius 2 is 0.704 bits per heavy atom. The number of ether oxygens (including phenoxy) is 4. The molecule has 2 aliphatic heterocycles. The van der Waals surface area contributed by atoms with Gasteiger partial charge in [0.2, 0.25) is 5.91 Å². The van der Waals surface area contributed by atoms with E-state index < -0.39 is 86.8 Å². The van der Waals surface area contributed by atoms with Gasteiger partial charge < -0.3 is 65.1 Å². The lowest BCUT2D eigenvalue weighted by atomic mass is 9.97. The molecule has 2 rings (SSSR count). The van der Waals surface area contributed by atoms with Gasteiger partial charge in [-0.15, -0.1) is 0 Å². The van der Waals surface area contributed by atoms with Gasteiger partial charge in [0.15, 0.2) is 12.6 Å². The Kier molecular flexibility index (Phi) is 63.5. The number of rotatable bonds is 70. The van der Waals surface area contributed by atoms with Crippen LogP contribution < -0.4 is 5.32 Å². The first-order chi connectivity index (χ1) is 48.1. The average Bonchev–Trinajstić information content (AvgIpc) is 0.793. The molecule has 2 aliphatic rings. The van der Waals surface area contributed by atoms with Crippen LogP contribution in [0.1, 0.15) is 373 Å². The van der Waals surface area contributed by atoms with E-state index in [4.69, 9.17) is 18.9 Å². The highest BCUT2D eigenvalue weighted by atomic mass is 16.7. The monoisotopic (exact) mass is 1390 g/mol. The number of hydrogen-bond acceptors (Lipinski definition) is 13. The Morgan fingerprint density at radius 3 is 1.08 bits per heavy atom. The third-order valence-electron chi connectivity index (χ3n) is 20.2. The van der Waals surface area contributed by atoms with Gasteiger partial charge in [-0.1, -0.05) is 370 Å². The van der Waals surface area contributed by atoms with Crippen molar-refractivity contribution in [3.63, 3.8) is 0 Å². The van der Waals surface area contributed by atoms with Crippen molar-refractivity contribution in [3.8, 4) is 0 Å². The molecule has 9 N–H and O–H groups in total. The normalized spacial score (nSPS) is 22.3. The largest absolute Gasteiger partial charge is 0.394 e. The van der Waals surface area contributed by atoms with Crippen molar-refractivity contribution in [2.75, 3.05) is 19.8 Å². The number of aliphatic hydroxyl groups excluding tert-OH is 8. The van der Waals surface area contributed by atoms with Crippen LogP contribution in [0.15, 0.2) is 60.8 Å². The molecule has 2 fully saturated rings. The predicted octanol–water partition coefficient (Wildman–Crippen LogP) is 19.1. The molecular formula is C84H155NO13. The van der Waals surface area contributed by atoms with Crippen LogP contribution >= 0.6 is 0 Å². The van der Waals surface area contributed by atoms with Gasteiger partial charge in [0.1, 0.15) is 48.8 Å². The quantitative estimate of drug-likeness (QED) is 0.0204. The number of unbranched alkanes of at least 4 members (excludes halogenated alkanes) is 49. The number of carbonyl (C=O) groups excluding carboxylic acids is 1. The number of hydrogen-bond donors (Lipinski definition) is 9. The molecule has 0 aromatic carbocycles. The van der Waals surface area contributed by atoms with Gasteiger partial charge in [-0.2, -0.15) is 0 Å². The predicted molar refractivity (Wildman–Crippen MR) is 406 cm³/mol. The second kappa shape index (κ2) is 67.8. The van der Waals surface area contributed by atoms with Crippen LogP contribution in [0.4, 0.5) is 0 Å². The zero-order valence-corrected chi connectivity index (χ0v) is 63.0. The fourth-order valence-electron chi connectivity index (χ4n) is 13.7. The fourth-order valence-corrected chi connectivity index (χ4v) is 13.7. The molecule has 2 saturated heterocycles. The Bertz CT molecular complexity index is 1880. The van der Waals surface area contributed by atoms with Crippen LogP contribution in [-0.2, 0) is 23.7 Å². The Labute approximate surface area is 600 Å². The standard InChI is InChI=1S/C84H155NO13/c1-3-5-7-9-11-13-15-17-19-21-23-25-27-29-30-31-32-33-34-35-36-37-38-39-40-41-42-44-46-48-50-52-54-56-58-60-62-64-66-68-76(89)85-72(71-95-83-81(94)79(92)82(75(70-87)97-83)98-84-80(93)78(91)77(90)74(69-86)96-84)73(88)67-65-63-61-59-57-55-53-51-49-47-45-43-28-26-24-22-20-18-16-14-12-10-8-6-4-2/h5,7,11,13,17,19,23,25,65,67,72-75,77-84,86-88,90-94H,3-4,6,8-10,12,14-16,18,20-22,24,26-64,66,68-71H2,1-2H3,(H,85,89)/b7-5-,13-11-,19-17-,25-23-,67-65+. The van der Waals surface area contributed by atoms with Gasteiger partial charge in [0, 0.05) is 6.42 Å². The Morgan fingerprint density at radius 1 is 0.378 bits per heavy atom. The number of nitrogens with one attached hydrogen (secondary N) is 1. The topological polar surface area (TPSA) is 228 Å². The molecule has 0 aliphatic carbocycles. The summed E-state index contributed by atoms with van der Waals surface area (Å²) in [7, 11) is 0. The minimum Gasteiger partial charge on any atom is -0.394 e. The molecule has 0 spiro atoms. The molecule has 1 amide bonds. The van der Waals surface area contributed by atoms with E-state index in [9.17, 15) is 45.6 Å². The van der Waals surface area contributed by atoms with Crippen LogP contribution in [0, 0.1) is 0 Å². The zero-order chi connectivity index (χ0) is 70.8. The summed E-state index contributed by atoms with van der Waals surface area (Å²) < 4.78 is 22.9. The molecule has 14 heteroatoms. The first-order valence-corrected chi connectivity index (χ1v) is 41.5. The first-order valence-electron chi connectivity index (χ1n) is 41.5. The maximum Gasteiger partial charge on any atom is 0.220 e. The highest BCUT2D eigenvalue weighted by Crippen LogP contribution is 2.30. The summed E-state index contributed by atoms with van der Waals surface area (Å²) in [5.41, 5.74) is 0. The second-order valence-corrected chi connectivity index (χ2v) is 29.2. The van der Waals surface area contributed by atoms with Gasteiger partial charge in [-0.05, 0) is 57.8 Å². The Balaban J connectivity index is 1.57. The average molecular weight is 1390 g/mol. The molecule has 574 valence electrons. The lowest BCUT2D eigenvalue weighted by molar-refractivity contribution is -0.359. The maximum atomic E-state index is 13.4. The third kappa shape index (κ3) is 50.2. The molecule has 12 atom stereocenters. The van der Waals surface area contributed by atoms with Crippen molar-refractivity contribution in [1.82, 2.24) is 5.32 Å². The molecule has 12 unspecified atom stereocenters. The van der Waals surface area contributed by atoms with E-state index in [-0.39, 0.29) is 18.9 Å². The summed E-state index contributed by atoms with van der Waals surface area (Å²) in [5, 5.41) is 87.7. The lowest BCUT2D eigenvalue weighted by Crippen LogP contribution is -2.65. The van der Waals surface area contributed by atoms with Crippen molar-refractivity contribution in [2.45, 2.75) is 447 Å². The molecule has 0 radical (unpaired) electrons. The summed E-state index contributed by atoms with van der Waals surface area (Å²) in [5.74, 6) is -0.231. The van der Waals surface area contributed by atoms with E-state index >= 15 is 0 Å². The summed E-state index contributed by atoms with van der Waals surface area (Å²) >= 11 is 0. The van der Waals surface area contributed by atoms with E-state index in [1.807, 2.05) is 6.08 Å². The van der Waals surface area contributed by atoms with Crippen LogP contribution in [0.2, 0.25) is 0 Å². The zero-order valence-electron chi connectivity index (χ0n) is 63.0. The molecule has 98 heavy (non-hydrogen) atoms. The van der Waals surface area contributed by atoms with E-state index in [0.29, 0.717) is 6.42 Å². The molecule has 0 aromatic rings. The minimum atomic E-state index is -1.79. The second-order valence-electron chi connectivity index (χ2n) is 29.2. The van der Waals surface area contributed by atoms with E-state index in [2.05, 4.69) is 67.8 Å². The van der Waals surface area contributed by atoms with Crippen LogP contribution in [0.25, 0.3) is 0 Å². The molecule has 0 saturated carbocycles. The maximum absolute atomic E-state index is 13.4. The van der Waals surface area contributed by atoms with Crippen LogP contribution in [-0.4, -0.2) is 140 Å². The van der Waals surface area contributed by atoms with Crippen LogP contribution in [0.3, 0.4) is 0 Å². The van der Waals surface area contributed by atoms with Gasteiger partial charge in [0.05, 0.1) is 32.0 Å². The number of carbonyl (C=O) groups is 1. The molecule has 14 nitrogen and oxygen atoms in total. The van der Waals surface area contributed by atoms with Crippen molar-refractivity contribution in [1.29, 1.82) is 0 Å². The van der Waals surface area contributed by atoms with E-state index in [1.165, 1.54) is 283 Å². The number of amides is 1.